The van der Waals surface area contributed by atoms with Crippen molar-refractivity contribution in [2.24, 2.45) is 5.92 Å². The molecule has 0 saturated carbocycles. The zero-order chi connectivity index (χ0) is 10.8. The maximum atomic E-state index is 11.9. The molecule has 4 heteroatoms. The van der Waals surface area contributed by atoms with Crippen LogP contribution in [0.3, 0.4) is 0 Å². The lowest BCUT2D eigenvalue weighted by atomic mass is 9.92. The van der Waals surface area contributed by atoms with Gasteiger partial charge in [-0.25, -0.2) is 0 Å². The molecule has 2 atom stereocenters. The minimum atomic E-state index is 0.264. The number of rotatable bonds is 2. The van der Waals surface area contributed by atoms with Crippen molar-refractivity contribution in [3.05, 3.63) is 0 Å². The summed E-state index contributed by atoms with van der Waals surface area (Å²) in [5, 5.41) is 2.95. The lowest BCUT2D eigenvalue weighted by Gasteiger charge is -2.36. The van der Waals surface area contributed by atoms with Gasteiger partial charge in [-0.15, -0.1) is 0 Å². The normalized spacial score (nSPS) is 31.7. The molecule has 2 fully saturated rings. The molecular weight excluding hydrogens is 190 g/mol. The van der Waals surface area contributed by atoms with Gasteiger partial charge in [0.05, 0.1) is 6.54 Å². The molecule has 0 bridgehead atoms. The third-order valence-electron chi connectivity index (χ3n) is 3.71. The predicted octanol–water partition coefficient (Wildman–Crippen LogP) is -0.242. The number of amides is 1. The molecule has 0 aromatic heterocycles. The van der Waals surface area contributed by atoms with Gasteiger partial charge in [-0.2, -0.15) is 0 Å². The summed E-state index contributed by atoms with van der Waals surface area (Å²) in [5.74, 6) is 1.02. The fraction of sp³-hybridized carbons (Fsp3) is 0.909. The maximum Gasteiger partial charge on any atom is 0.236 e. The standard InChI is InChI=1S/C11H21N3O/c1-12-7-11(15)14-6-4-9-3-5-13(2)8-10(9)14/h9-10,12H,3-8H2,1-2H3. The second-order valence-electron chi connectivity index (χ2n) is 4.78. The molecule has 2 aliphatic rings. The van der Waals surface area contributed by atoms with Crippen LogP contribution in [0.4, 0.5) is 0 Å². The van der Waals surface area contributed by atoms with Crippen LogP contribution in [-0.4, -0.2) is 62.0 Å². The van der Waals surface area contributed by atoms with Gasteiger partial charge in [-0.3, -0.25) is 4.79 Å². The summed E-state index contributed by atoms with van der Waals surface area (Å²) >= 11 is 0. The highest BCUT2D eigenvalue weighted by atomic mass is 16.2. The summed E-state index contributed by atoms with van der Waals surface area (Å²) in [6.07, 6.45) is 2.46. The third-order valence-corrected chi connectivity index (χ3v) is 3.71. The van der Waals surface area contributed by atoms with E-state index in [1.807, 2.05) is 7.05 Å². The van der Waals surface area contributed by atoms with Crippen LogP contribution in [0, 0.1) is 5.92 Å². The van der Waals surface area contributed by atoms with Gasteiger partial charge in [0.25, 0.3) is 0 Å². The highest BCUT2D eigenvalue weighted by Crippen LogP contribution is 2.30. The first kappa shape index (κ1) is 10.9. The molecule has 4 nitrogen and oxygen atoms in total. The van der Waals surface area contributed by atoms with Crippen LogP contribution in [-0.2, 0) is 4.79 Å². The molecule has 1 N–H and O–H groups in total. The van der Waals surface area contributed by atoms with Crippen LogP contribution < -0.4 is 5.32 Å². The number of likely N-dealkylation sites (N-methyl/N-ethyl adjacent to an activating group) is 2. The van der Waals surface area contributed by atoms with Crippen LogP contribution in [0.1, 0.15) is 12.8 Å². The maximum absolute atomic E-state index is 11.9. The largest absolute Gasteiger partial charge is 0.337 e. The van der Waals surface area contributed by atoms with E-state index in [0.717, 1.165) is 19.0 Å². The summed E-state index contributed by atoms with van der Waals surface area (Å²) < 4.78 is 0. The van der Waals surface area contributed by atoms with E-state index in [9.17, 15) is 4.79 Å². The van der Waals surface area contributed by atoms with E-state index in [1.165, 1.54) is 19.4 Å². The molecule has 0 radical (unpaired) electrons. The van der Waals surface area contributed by atoms with Crippen molar-refractivity contribution in [1.82, 2.24) is 15.1 Å². The SMILES string of the molecule is CNCC(=O)N1CCC2CCN(C)CC21. The Bertz CT molecular complexity index is 244. The van der Waals surface area contributed by atoms with Crippen molar-refractivity contribution in [2.75, 3.05) is 40.3 Å². The molecule has 15 heavy (non-hydrogen) atoms. The van der Waals surface area contributed by atoms with E-state index < -0.39 is 0 Å². The fourth-order valence-corrected chi connectivity index (χ4v) is 2.86. The minimum Gasteiger partial charge on any atom is -0.337 e. The molecule has 86 valence electrons. The summed E-state index contributed by atoms with van der Waals surface area (Å²) in [6, 6.07) is 0.476. The molecular formula is C11H21N3O. The number of likely N-dealkylation sites (tertiary alicyclic amines) is 2. The summed E-state index contributed by atoms with van der Waals surface area (Å²) in [7, 11) is 3.98. The average Bonchev–Trinajstić information content (AvgIpc) is 2.60. The molecule has 2 unspecified atom stereocenters. The lowest BCUT2D eigenvalue weighted by Crippen LogP contribution is -2.50. The predicted molar refractivity (Wildman–Crippen MR) is 59.6 cm³/mol. The van der Waals surface area contributed by atoms with Crippen LogP contribution in [0.15, 0.2) is 0 Å². The van der Waals surface area contributed by atoms with Crippen molar-refractivity contribution in [3.8, 4) is 0 Å². The van der Waals surface area contributed by atoms with E-state index in [2.05, 4.69) is 22.2 Å². The number of nitrogens with zero attached hydrogens (tertiary/aromatic N) is 2. The Labute approximate surface area is 91.6 Å². The highest BCUT2D eigenvalue weighted by molar-refractivity contribution is 5.79. The number of hydrogen-bond donors (Lipinski definition) is 1. The van der Waals surface area contributed by atoms with Crippen LogP contribution in [0.25, 0.3) is 0 Å². The first-order valence-corrected chi connectivity index (χ1v) is 5.85. The molecule has 2 saturated heterocycles. The Balaban J connectivity index is 1.99. The van der Waals surface area contributed by atoms with Crippen molar-refractivity contribution in [3.63, 3.8) is 0 Å². The van der Waals surface area contributed by atoms with Gasteiger partial charge in [0.1, 0.15) is 0 Å². The van der Waals surface area contributed by atoms with Crippen LogP contribution in [0.5, 0.6) is 0 Å². The zero-order valence-corrected chi connectivity index (χ0v) is 9.70. The number of hydrogen-bond acceptors (Lipinski definition) is 3. The zero-order valence-electron chi connectivity index (χ0n) is 9.70. The summed E-state index contributed by atoms with van der Waals surface area (Å²) in [6.45, 7) is 3.69. The van der Waals surface area contributed by atoms with Crippen LogP contribution in [0.2, 0.25) is 0 Å². The van der Waals surface area contributed by atoms with E-state index in [4.69, 9.17) is 0 Å². The van der Waals surface area contributed by atoms with Crippen LogP contribution >= 0.6 is 0 Å². The van der Waals surface area contributed by atoms with Gasteiger partial charge in [0.15, 0.2) is 0 Å². The number of carbonyl (C=O) groups is 1. The highest BCUT2D eigenvalue weighted by Gasteiger charge is 2.39. The molecule has 2 aliphatic heterocycles. The Hall–Kier alpha value is -0.610. The quantitative estimate of drug-likeness (QED) is 0.684. The molecule has 0 aromatic rings. The van der Waals surface area contributed by atoms with Gasteiger partial charge in [-0.05, 0) is 39.4 Å². The Kier molecular flexibility index (Phi) is 3.26. The van der Waals surface area contributed by atoms with E-state index >= 15 is 0 Å². The van der Waals surface area contributed by atoms with Gasteiger partial charge in [0.2, 0.25) is 5.91 Å². The fourth-order valence-electron chi connectivity index (χ4n) is 2.86. The van der Waals surface area contributed by atoms with Crippen molar-refractivity contribution >= 4 is 5.91 Å². The van der Waals surface area contributed by atoms with E-state index in [-0.39, 0.29) is 5.91 Å². The lowest BCUT2D eigenvalue weighted by molar-refractivity contribution is -0.132. The summed E-state index contributed by atoms with van der Waals surface area (Å²) in [5.41, 5.74) is 0. The Morgan fingerprint density at radius 2 is 2.13 bits per heavy atom. The van der Waals surface area contributed by atoms with Gasteiger partial charge >= 0.3 is 0 Å². The summed E-state index contributed by atoms with van der Waals surface area (Å²) in [4.78, 5) is 16.3. The molecule has 0 spiro atoms. The molecule has 1 amide bonds. The van der Waals surface area contributed by atoms with E-state index in [1.54, 1.807) is 0 Å². The number of carbonyl (C=O) groups excluding carboxylic acids is 1. The topological polar surface area (TPSA) is 35.6 Å². The Morgan fingerprint density at radius 3 is 2.87 bits per heavy atom. The molecule has 0 aromatic carbocycles. The average molecular weight is 211 g/mol. The van der Waals surface area contributed by atoms with Crippen molar-refractivity contribution < 1.29 is 4.79 Å². The molecule has 0 aliphatic carbocycles. The third kappa shape index (κ3) is 2.16. The Morgan fingerprint density at radius 1 is 1.40 bits per heavy atom. The first-order chi connectivity index (χ1) is 7.22. The van der Waals surface area contributed by atoms with Crippen molar-refractivity contribution in [1.29, 1.82) is 0 Å². The minimum absolute atomic E-state index is 0.264. The first-order valence-electron chi connectivity index (χ1n) is 5.85. The van der Waals surface area contributed by atoms with Crippen molar-refractivity contribution in [2.45, 2.75) is 18.9 Å². The number of fused-ring (bicyclic) bond motifs is 1. The second-order valence-corrected chi connectivity index (χ2v) is 4.78. The van der Waals surface area contributed by atoms with Gasteiger partial charge in [-0.1, -0.05) is 0 Å². The molecule has 2 heterocycles. The van der Waals surface area contributed by atoms with E-state index in [0.29, 0.717) is 12.6 Å². The van der Waals surface area contributed by atoms with Gasteiger partial charge < -0.3 is 15.1 Å². The monoisotopic (exact) mass is 211 g/mol. The van der Waals surface area contributed by atoms with Gasteiger partial charge in [0, 0.05) is 19.1 Å². The molecule has 2 rings (SSSR count). The smallest absolute Gasteiger partial charge is 0.236 e. The number of piperidine rings is 1. The number of nitrogens with one attached hydrogen (secondary N) is 1. The second kappa shape index (κ2) is 4.49.